The van der Waals surface area contributed by atoms with E-state index in [-0.39, 0.29) is 24.5 Å². The Kier molecular flexibility index (Phi) is 6.31. The predicted molar refractivity (Wildman–Crippen MR) is 82.3 cm³/mol. The first kappa shape index (κ1) is 19.4. The fourth-order valence-corrected chi connectivity index (χ4v) is 1.92. The zero-order valence-corrected chi connectivity index (χ0v) is 13.4. The highest BCUT2D eigenvalue weighted by Crippen LogP contribution is 2.21. The predicted octanol–water partition coefficient (Wildman–Crippen LogP) is 2.21. The lowest BCUT2D eigenvalue weighted by molar-refractivity contribution is -0.138. The molecule has 0 atom stereocenters. The molecule has 0 saturated heterocycles. The summed E-state index contributed by atoms with van der Waals surface area (Å²) in [5.74, 6) is -1.18. The smallest absolute Gasteiger partial charge is 0.405 e. The Morgan fingerprint density at radius 2 is 1.77 bits per heavy atom. The molecule has 0 saturated carbocycles. The van der Waals surface area contributed by atoms with Crippen molar-refractivity contribution in [2.24, 2.45) is 0 Å². The van der Waals surface area contributed by atoms with Crippen molar-refractivity contribution in [1.29, 1.82) is 0 Å². The van der Waals surface area contributed by atoms with Crippen LogP contribution in [0.1, 0.15) is 12.3 Å². The lowest BCUT2D eigenvalue weighted by Crippen LogP contribution is -2.40. The van der Waals surface area contributed by atoms with Crippen LogP contribution in [0.5, 0.6) is 0 Å². The Hall–Kier alpha value is -2.91. The van der Waals surface area contributed by atoms with Crippen LogP contribution in [0, 0.1) is 5.82 Å². The molecule has 140 valence electrons. The van der Waals surface area contributed by atoms with Crippen molar-refractivity contribution in [3.05, 3.63) is 42.2 Å². The van der Waals surface area contributed by atoms with E-state index in [1.54, 1.807) is 5.32 Å². The summed E-state index contributed by atoms with van der Waals surface area (Å²) < 4.78 is 54.1. The molecule has 1 heterocycles. The zero-order valence-electron chi connectivity index (χ0n) is 13.4. The van der Waals surface area contributed by atoms with Gasteiger partial charge < -0.3 is 15.1 Å². The van der Waals surface area contributed by atoms with Crippen molar-refractivity contribution in [2.75, 3.05) is 13.1 Å². The van der Waals surface area contributed by atoms with Gasteiger partial charge in [-0.15, -0.1) is 0 Å². The monoisotopic (exact) mass is 373 g/mol. The Labute approximate surface area is 145 Å². The molecule has 1 aromatic carbocycles. The third-order valence-corrected chi connectivity index (χ3v) is 3.18. The van der Waals surface area contributed by atoms with Gasteiger partial charge in [0.25, 0.3) is 0 Å². The van der Waals surface area contributed by atoms with E-state index < -0.39 is 31.1 Å². The van der Waals surface area contributed by atoms with Crippen molar-refractivity contribution in [3.8, 4) is 11.3 Å². The Bertz CT molecular complexity index is 757. The molecule has 0 spiro atoms. The number of halogens is 4. The Morgan fingerprint density at radius 1 is 1.08 bits per heavy atom. The zero-order chi connectivity index (χ0) is 19.2. The van der Waals surface area contributed by atoms with Gasteiger partial charge in [0.15, 0.2) is 11.7 Å². The lowest BCUT2D eigenvalue weighted by Gasteiger charge is -2.08. The minimum Gasteiger partial charge on any atom is -0.441 e. The average Bonchev–Trinajstić information content (AvgIpc) is 3.05. The van der Waals surface area contributed by atoms with Crippen LogP contribution in [-0.4, -0.2) is 36.1 Å². The van der Waals surface area contributed by atoms with Gasteiger partial charge >= 0.3 is 6.18 Å². The summed E-state index contributed by atoms with van der Waals surface area (Å²) in [6.45, 7) is -2.01. The molecule has 2 N–H and O–H groups in total. The summed E-state index contributed by atoms with van der Waals surface area (Å²) in [7, 11) is 0. The molecule has 26 heavy (non-hydrogen) atoms. The van der Waals surface area contributed by atoms with Crippen molar-refractivity contribution in [3.63, 3.8) is 0 Å². The second-order valence-corrected chi connectivity index (χ2v) is 5.29. The Balaban J connectivity index is 1.74. The van der Waals surface area contributed by atoms with E-state index in [9.17, 15) is 27.2 Å². The summed E-state index contributed by atoms with van der Waals surface area (Å²) in [5, 5.41) is 3.85. The van der Waals surface area contributed by atoms with E-state index in [0.717, 1.165) is 0 Å². The van der Waals surface area contributed by atoms with Crippen LogP contribution >= 0.6 is 0 Å². The van der Waals surface area contributed by atoms with Gasteiger partial charge in [0.05, 0.1) is 12.7 Å². The number of carbonyl (C=O) groups excluding carboxylic acids is 2. The van der Waals surface area contributed by atoms with Crippen molar-refractivity contribution in [2.45, 2.75) is 19.0 Å². The number of amides is 2. The van der Waals surface area contributed by atoms with Crippen molar-refractivity contribution < 1.29 is 31.6 Å². The minimum atomic E-state index is -4.51. The van der Waals surface area contributed by atoms with Gasteiger partial charge in [-0.1, -0.05) is 0 Å². The Morgan fingerprint density at radius 3 is 2.42 bits per heavy atom. The maximum atomic E-state index is 12.9. The number of hydrogen-bond donors (Lipinski definition) is 2. The van der Waals surface area contributed by atoms with Gasteiger partial charge in [-0.25, -0.2) is 9.37 Å². The van der Waals surface area contributed by atoms with Crippen LogP contribution in [-0.2, 0) is 16.0 Å². The number of aromatic nitrogens is 1. The molecule has 1 aromatic heterocycles. The van der Waals surface area contributed by atoms with E-state index in [1.165, 1.54) is 30.5 Å². The summed E-state index contributed by atoms with van der Waals surface area (Å²) in [4.78, 5) is 26.8. The number of rotatable bonds is 7. The first-order chi connectivity index (χ1) is 12.2. The van der Waals surface area contributed by atoms with Crippen LogP contribution < -0.4 is 10.6 Å². The largest absolute Gasteiger partial charge is 0.441 e. The summed E-state index contributed by atoms with van der Waals surface area (Å²) >= 11 is 0. The van der Waals surface area contributed by atoms with Gasteiger partial charge in [-0.3, -0.25) is 9.59 Å². The lowest BCUT2D eigenvalue weighted by atomic mass is 10.2. The van der Waals surface area contributed by atoms with Crippen LogP contribution in [0.3, 0.4) is 0 Å². The number of carbonyl (C=O) groups is 2. The topological polar surface area (TPSA) is 84.2 Å². The first-order valence-corrected chi connectivity index (χ1v) is 7.54. The second-order valence-electron chi connectivity index (χ2n) is 5.29. The number of alkyl halides is 3. The van der Waals surface area contributed by atoms with E-state index >= 15 is 0 Å². The summed E-state index contributed by atoms with van der Waals surface area (Å²) in [6.07, 6.45) is -3.00. The standard InChI is InChI=1S/C16H15F4N3O3/c17-11-3-1-10(2-4-11)12-7-22-15(26-12)6-5-13(24)21-8-14(25)23-9-16(18,19)20/h1-4,7H,5-6,8-9H2,(H,21,24)(H,23,25). The fraction of sp³-hybridized carbons (Fsp3) is 0.312. The maximum absolute atomic E-state index is 12.9. The second kappa shape index (κ2) is 8.45. The molecule has 6 nitrogen and oxygen atoms in total. The number of oxazole rings is 1. The van der Waals surface area contributed by atoms with E-state index in [2.05, 4.69) is 10.3 Å². The van der Waals surface area contributed by atoms with Gasteiger partial charge in [0, 0.05) is 18.4 Å². The molecular weight excluding hydrogens is 358 g/mol. The number of nitrogens with zero attached hydrogens (tertiary/aromatic N) is 1. The van der Waals surface area contributed by atoms with Gasteiger partial charge in [0.2, 0.25) is 11.8 Å². The minimum absolute atomic E-state index is 0.0596. The molecule has 0 fully saturated rings. The number of benzene rings is 1. The number of aryl methyl sites for hydroxylation is 1. The number of nitrogens with one attached hydrogen (secondary N) is 2. The third kappa shape index (κ3) is 6.54. The molecule has 2 amide bonds. The average molecular weight is 373 g/mol. The van der Waals surface area contributed by atoms with Crippen molar-refractivity contribution in [1.82, 2.24) is 15.6 Å². The molecule has 0 unspecified atom stereocenters. The molecule has 0 aliphatic carbocycles. The quantitative estimate of drug-likeness (QED) is 0.729. The van der Waals surface area contributed by atoms with E-state index in [1.807, 2.05) is 0 Å². The third-order valence-electron chi connectivity index (χ3n) is 3.18. The molecule has 0 aliphatic rings. The maximum Gasteiger partial charge on any atom is 0.405 e. The van der Waals surface area contributed by atoms with E-state index in [4.69, 9.17) is 4.42 Å². The highest BCUT2D eigenvalue weighted by Gasteiger charge is 2.27. The highest BCUT2D eigenvalue weighted by molar-refractivity contribution is 5.84. The normalized spacial score (nSPS) is 11.2. The van der Waals surface area contributed by atoms with Gasteiger partial charge in [0.1, 0.15) is 12.4 Å². The molecule has 2 rings (SSSR count). The molecular formula is C16H15F4N3O3. The van der Waals surface area contributed by atoms with Crippen LogP contribution in [0.2, 0.25) is 0 Å². The van der Waals surface area contributed by atoms with Gasteiger partial charge in [-0.05, 0) is 24.3 Å². The van der Waals surface area contributed by atoms with Crippen LogP contribution in [0.4, 0.5) is 17.6 Å². The first-order valence-electron chi connectivity index (χ1n) is 7.54. The van der Waals surface area contributed by atoms with Crippen molar-refractivity contribution >= 4 is 11.8 Å². The molecule has 0 bridgehead atoms. The molecule has 2 aromatic rings. The van der Waals surface area contributed by atoms with E-state index in [0.29, 0.717) is 11.3 Å². The highest BCUT2D eigenvalue weighted by atomic mass is 19.4. The molecule has 10 heteroatoms. The fourth-order valence-electron chi connectivity index (χ4n) is 1.92. The SMILES string of the molecule is O=C(CCc1ncc(-c2ccc(F)cc2)o1)NCC(=O)NCC(F)(F)F. The van der Waals surface area contributed by atoms with Gasteiger partial charge in [-0.2, -0.15) is 13.2 Å². The number of hydrogen-bond acceptors (Lipinski definition) is 4. The summed E-state index contributed by atoms with van der Waals surface area (Å²) in [5.41, 5.74) is 0.621. The van der Waals surface area contributed by atoms with Crippen LogP contribution in [0.15, 0.2) is 34.9 Å². The summed E-state index contributed by atoms with van der Waals surface area (Å²) in [6, 6.07) is 5.58. The molecule has 0 aliphatic heterocycles. The van der Waals surface area contributed by atoms with Crippen LogP contribution in [0.25, 0.3) is 11.3 Å². The molecule has 0 radical (unpaired) electrons.